The largest absolute Gasteiger partial charge is 0.444 e. The fraction of sp³-hybridized carbons (Fsp3) is 0.417. The second-order valence-electron chi connectivity index (χ2n) is 5.04. The zero-order chi connectivity index (χ0) is 14.7. The van der Waals surface area contributed by atoms with E-state index < -0.39 is 21.7 Å². The number of hydrogen-bond acceptors (Lipinski definition) is 4. The van der Waals surface area contributed by atoms with E-state index >= 15 is 0 Å². The third kappa shape index (κ3) is 5.71. The normalized spacial score (nSPS) is 12.0. The number of hydrogen-bond donors (Lipinski definition) is 2. The van der Waals surface area contributed by atoms with Gasteiger partial charge in [-0.2, -0.15) is 0 Å². The van der Waals surface area contributed by atoms with E-state index in [9.17, 15) is 13.2 Å². The van der Waals surface area contributed by atoms with Crippen LogP contribution >= 0.6 is 0 Å². The minimum Gasteiger partial charge on any atom is -0.444 e. The van der Waals surface area contributed by atoms with Crippen molar-refractivity contribution >= 4 is 16.1 Å². The van der Waals surface area contributed by atoms with E-state index in [4.69, 9.17) is 9.88 Å². The Bertz CT molecular complexity index is 544. The van der Waals surface area contributed by atoms with Gasteiger partial charge >= 0.3 is 6.09 Å². The predicted molar refractivity (Wildman–Crippen MR) is 70.9 cm³/mol. The second-order valence-corrected chi connectivity index (χ2v) is 6.61. The first kappa shape index (κ1) is 15.5. The average molecular weight is 286 g/mol. The maximum atomic E-state index is 11.4. The van der Waals surface area contributed by atoms with E-state index in [1.54, 1.807) is 32.9 Å². The van der Waals surface area contributed by atoms with Gasteiger partial charge in [-0.1, -0.05) is 12.1 Å². The van der Waals surface area contributed by atoms with Crippen molar-refractivity contribution < 1.29 is 17.9 Å². The summed E-state index contributed by atoms with van der Waals surface area (Å²) in [7, 11) is -3.69. The lowest BCUT2D eigenvalue weighted by Gasteiger charge is -2.19. The molecule has 3 N–H and O–H groups in total. The summed E-state index contributed by atoms with van der Waals surface area (Å²) in [5.74, 6) is 0. The van der Waals surface area contributed by atoms with Gasteiger partial charge in [0.05, 0.1) is 4.90 Å². The molecule has 7 heteroatoms. The van der Waals surface area contributed by atoms with Gasteiger partial charge < -0.3 is 10.1 Å². The zero-order valence-electron chi connectivity index (χ0n) is 11.1. The molecule has 0 unspecified atom stereocenters. The summed E-state index contributed by atoms with van der Waals surface area (Å²) in [6.45, 7) is 5.56. The van der Waals surface area contributed by atoms with Gasteiger partial charge in [0.2, 0.25) is 10.0 Å². The molecule has 0 radical (unpaired) electrons. The summed E-state index contributed by atoms with van der Waals surface area (Å²) in [6, 6.07) is 5.94. The molecule has 0 saturated heterocycles. The Morgan fingerprint density at radius 1 is 1.26 bits per heavy atom. The van der Waals surface area contributed by atoms with Crippen molar-refractivity contribution in [3.05, 3.63) is 29.8 Å². The summed E-state index contributed by atoms with van der Waals surface area (Å²) < 4.78 is 27.2. The molecular weight excluding hydrogens is 268 g/mol. The first-order chi connectivity index (χ1) is 8.58. The Balaban J connectivity index is 2.58. The Labute approximate surface area is 113 Å². The van der Waals surface area contributed by atoms with E-state index in [1.165, 1.54) is 12.1 Å². The van der Waals surface area contributed by atoms with Crippen LogP contribution in [0.2, 0.25) is 0 Å². The molecule has 0 aromatic heterocycles. The van der Waals surface area contributed by atoms with Crippen molar-refractivity contribution in [1.29, 1.82) is 0 Å². The van der Waals surface area contributed by atoms with Crippen LogP contribution in [0, 0.1) is 0 Å². The topological polar surface area (TPSA) is 98.5 Å². The summed E-state index contributed by atoms with van der Waals surface area (Å²) in [4.78, 5) is 11.4. The van der Waals surface area contributed by atoms with E-state index in [2.05, 4.69) is 5.32 Å². The molecule has 0 aliphatic carbocycles. The standard InChI is InChI=1S/C12H18N2O4S/c1-12(2,3)18-11(15)14-8-9-4-6-10(7-5-9)19(13,16)17/h4-7H,8H2,1-3H3,(H,14,15)(H2,13,16,17). The Morgan fingerprint density at radius 2 is 1.79 bits per heavy atom. The molecule has 6 nitrogen and oxygen atoms in total. The quantitative estimate of drug-likeness (QED) is 0.876. The lowest BCUT2D eigenvalue weighted by Crippen LogP contribution is -2.32. The molecule has 0 spiro atoms. The van der Waals surface area contributed by atoms with Gasteiger partial charge in [-0.25, -0.2) is 18.4 Å². The van der Waals surface area contributed by atoms with Crippen LogP contribution in [0.5, 0.6) is 0 Å². The van der Waals surface area contributed by atoms with Crippen molar-refractivity contribution in [2.75, 3.05) is 0 Å². The fourth-order valence-corrected chi connectivity index (χ4v) is 1.80. The van der Waals surface area contributed by atoms with Crippen LogP contribution in [-0.2, 0) is 21.3 Å². The zero-order valence-corrected chi connectivity index (χ0v) is 12.0. The third-order valence-corrected chi connectivity index (χ3v) is 3.02. The smallest absolute Gasteiger partial charge is 0.407 e. The highest BCUT2D eigenvalue weighted by molar-refractivity contribution is 7.89. The molecule has 1 aromatic rings. The number of rotatable bonds is 3. The van der Waals surface area contributed by atoms with Gasteiger partial charge in [-0.3, -0.25) is 0 Å². The number of benzene rings is 1. The van der Waals surface area contributed by atoms with Crippen LogP contribution in [-0.4, -0.2) is 20.1 Å². The SMILES string of the molecule is CC(C)(C)OC(=O)NCc1ccc(S(N)(=O)=O)cc1. The molecule has 0 aliphatic heterocycles. The molecule has 0 fully saturated rings. The van der Waals surface area contributed by atoms with Crippen molar-refractivity contribution in [1.82, 2.24) is 5.32 Å². The van der Waals surface area contributed by atoms with Gasteiger partial charge in [0.25, 0.3) is 0 Å². The number of ether oxygens (including phenoxy) is 1. The number of alkyl carbamates (subject to hydrolysis) is 1. The number of nitrogens with two attached hydrogens (primary N) is 1. The van der Waals surface area contributed by atoms with Gasteiger partial charge in [-0.05, 0) is 38.5 Å². The molecule has 1 amide bonds. The van der Waals surface area contributed by atoms with Crippen molar-refractivity contribution in [3.63, 3.8) is 0 Å². The summed E-state index contributed by atoms with van der Waals surface area (Å²) >= 11 is 0. The van der Waals surface area contributed by atoms with Crippen LogP contribution in [0.25, 0.3) is 0 Å². The average Bonchev–Trinajstić information content (AvgIpc) is 2.23. The Morgan fingerprint density at radius 3 is 2.21 bits per heavy atom. The maximum absolute atomic E-state index is 11.4. The molecule has 0 heterocycles. The molecule has 0 atom stereocenters. The minimum atomic E-state index is -3.69. The molecule has 19 heavy (non-hydrogen) atoms. The summed E-state index contributed by atoms with van der Waals surface area (Å²) in [5.41, 5.74) is 0.194. The predicted octanol–water partition coefficient (Wildman–Crippen LogP) is 1.36. The molecule has 1 aromatic carbocycles. The molecule has 106 valence electrons. The number of sulfonamides is 1. The van der Waals surface area contributed by atoms with Crippen LogP contribution < -0.4 is 10.5 Å². The van der Waals surface area contributed by atoms with Crippen LogP contribution in [0.3, 0.4) is 0 Å². The van der Waals surface area contributed by atoms with Crippen molar-refractivity contribution in [2.24, 2.45) is 5.14 Å². The Hall–Kier alpha value is -1.60. The van der Waals surface area contributed by atoms with Crippen molar-refractivity contribution in [3.8, 4) is 0 Å². The van der Waals surface area contributed by atoms with Crippen LogP contribution in [0.4, 0.5) is 4.79 Å². The molecular formula is C12H18N2O4S. The summed E-state index contributed by atoms with van der Waals surface area (Å²) in [6.07, 6.45) is -0.525. The first-order valence-corrected chi connectivity index (χ1v) is 7.21. The number of carbonyl (C=O) groups excluding carboxylic acids is 1. The lowest BCUT2D eigenvalue weighted by atomic mass is 10.2. The van der Waals surface area contributed by atoms with Crippen LogP contribution in [0.1, 0.15) is 26.3 Å². The van der Waals surface area contributed by atoms with Gasteiger partial charge in [0.15, 0.2) is 0 Å². The van der Waals surface area contributed by atoms with Crippen molar-refractivity contribution in [2.45, 2.75) is 37.8 Å². The maximum Gasteiger partial charge on any atom is 0.407 e. The molecule has 0 bridgehead atoms. The van der Waals surface area contributed by atoms with Crippen LogP contribution in [0.15, 0.2) is 29.2 Å². The van der Waals surface area contributed by atoms with E-state index in [0.29, 0.717) is 0 Å². The van der Waals surface area contributed by atoms with Gasteiger partial charge in [0, 0.05) is 6.54 Å². The number of carbonyl (C=O) groups is 1. The molecule has 0 aliphatic rings. The van der Waals surface area contributed by atoms with Gasteiger partial charge in [0.1, 0.15) is 5.60 Å². The number of primary sulfonamides is 1. The van der Waals surface area contributed by atoms with Gasteiger partial charge in [-0.15, -0.1) is 0 Å². The highest BCUT2D eigenvalue weighted by Crippen LogP contribution is 2.09. The Kier molecular flexibility index (Phi) is 4.54. The van der Waals surface area contributed by atoms with E-state index in [-0.39, 0.29) is 11.4 Å². The molecule has 1 rings (SSSR count). The highest BCUT2D eigenvalue weighted by atomic mass is 32.2. The van der Waals surface area contributed by atoms with E-state index in [1.807, 2.05) is 0 Å². The summed E-state index contributed by atoms with van der Waals surface area (Å²) in [5, 5.41) is 7.55. The fourth-order valence-electron chi connectivity index (χ4n) is 1.29. The first-order valence-electron chi connectivity index (χ1n) is 5.66. The monoisotopic (exact) mass is 286 g/mol. The molecule has 0 saturated carbocycles. The van der Waals surface area contributed by atoms with E-state index in [0.717, 1.165) is 5.56 Å². The third-order valence-electron chi connectivity index (χ3n) is 2.09. The second kappa shape index (κ2) is 5.58. The number of amides is 1. The minimum absolute atomic E-state index is 0.0357. The lowest BCUT2D eigenvalue weighted by molar-refractivity contribution is 0.0523. The number of nitrogens with one attached hydrogen (secondary N) is 1. The highest BCUT2D eigenvalue weighted by Gasteiger charge is 2.15.